The minimum Gasteiger partial charge on any atom is -0.391 e. The van der Waals surface area contributed by atoms with Crippen molar-refractivity contribution in [3.8, 4) is 5.69 Å². The zero-order chi connectivity index (χ0) is 26.5. The van der Waals surface area contributed by atoms with Crippen molar-refractivity contribution >= 4 is 28.7 Å². The second kappa shape index (κ2) is 8.93. The molecule has 190 valence electrons. The Kier molecular flexibility index (Phi) is 6.24. The Hall–Kier alpha value is -3.94. The molecule has 4 rings (SSSR count). The van der Waals surface area contributed by atoms with Crippen molar-refractivity contribution in [2.45, 2.75) is 31.7 Å². The number of anilines is 1. The first kappa shape index (κ1) is 25.2. The molecule has 2 amide bonds. The number of fused-ring (bicyclic) bond motifs is 1. The average molecular weight is 514 g/mol. The van der Waals surface area contributed by atoms with Crippen LogP contribution in [0.25, 0.3) is 16.7 Å². The van der Waals surface area contributed by atoms with Gasteiger partial charge in [-0.1, -0.05) is 0 Å². The normalized spacial score (nSPS) is 17.1. The molecule has 0 spiro atoms. The third-order valence-electron chi connectivity index (χ3n) is 5.52. The molecule has 3 aromatic rings. The number of hydrogen-bond donors (Lipinski definition) is 2. The van der Waals surface area contributed by atoms with E-state index in [1.54, 1.807) is 5.32 Å². The minimum absolute atomic E-state index is 0.108. The number of hydrogen-bond acceptors (Lipinski definition) is 5. The predicted molar refractivity (Wildman–Crippen MR) is 113 cm³/mol. The maximum absolute atomic E-state index is 14.7. The first-order valence-electron chi connectivity index (χ1n) is 10.3. The van der Waals surface area contributed by atoms with E-state index in [9.17, 15) is 45.8 Å². The topological polar surface area (TPSA) is 105 Å². The van der Waals surface area contributed by atoms with E-state index in [2.05, 4.69) is 4.98 Å². The summed E-state index contributed by atoms with van der Waals surface area (Å²) < 4.78 is 82.2. The maximum Gasteiger partial charge on any atom is 0.408 e. The monoisotopic (exact) mass is 514 g/mol. The summed E-state index contributed by atoms with van der Waals surface area (Å²) in [5.41, 5.74) is -3.46. The van der Waals surface area contributed by atoms with Crippen LogP contribution in [0.3, 0.4) is 0 Å². The first-order chi connectivity index (χ1) is 16.8. The van der Waals surface area contributed by atoms with E-state index in [-0.39, 0.29) is 18.8 Å². The number of aromatic nitrogens is 2. The molecule has 14 heteroatoms. The molecule has 36 heavy (non-hydrogen) atoms. The lowest BCUT2D eigenvalue weighted by atomic mass is 10.1. The SMILES string of the molecule is CC(NC(=O)c1cn(-c2c(F)cc(F)cc2F)c2nc(N3C[C@@H](O)CC3=O)ccc2c1=O)C(F)(F)F. The number of nitrogens with zero attached hydrogens (tertiary/aromatic N) is 3. The molecule has 2 N–H and O–H groups in total. The van der Waals surface area contributed by atoms with Crippen LogP contribution < -0.4 is 15.6 Å². The van der Waals surface area contributed by atoms with Crippen LogP contribution >= 0.6 is 0 Å². The fourth-order valence-corrected chi connectivity index (χ4v) is 3.71. The molecule has 8 nitrogen and oxygen atoms in total. The maximum atomic E-state index is 14.7. The highest BCUT2D eigenvalue weighted by atomic mass is 19.4. The van der Waals surface area contributed by atoms with Gasteiger partial charge >= 0.3 is 6.18 Å². The number of carbonyl (C=O) groups is 2. The number of nitrogens with one attached hydrogen (secondary N) is 1. The lowest BCUT2D eigenvalue weighted by Crippen LogP contribution is -2.44. The van der Waals surface area contributed by atoms with Crippen molar-refractivity contribution in [2.24, 2.45) is 0 Å². The van der Waals surface area contributed by atoms with Crippen LogP contribution in [0.15, 0.2) is 35.3 Å². The first-order valence-corrected chi connectivity index (χ1v) is 10.3. The van der Waals surface area contributed by atoms with Crippen LogP contribution in [0.4, 0.5) is 32.2 Å². The molecule has 1 unspecified atom stereocenters. The van der Waals surface area contributed by atoms with Crippen molar-refractivity contribution in [3.63, 3.8) is 0 Å². The van der Waals surface area contributed by atoms with Crippen molar-refractivity contribution in [1.82, 2.24) is 14.9 Å². The Morgan fingerprint density at radius 2 is 1.81 bits per heavy atom. The van der Waals surface area contributed by atoms with E-state index >= 15 is 0 Å². The van der Waals surface area contributed by atoms with Crippen molar-refractivity contribution < 1.29 is 41.0 Å². The Morgan fingerprint density at radius 3 is 2.36 bits per heavy atom. The van der Waals surface area contributed by atoms with E-state index in [1.807, 2.05) is 0 Å². The highest BCUT2D eigenvalue weighted by Crippen LogP contribution is 2.27. The summed E-state index contributed by atoms with van der Waals surface area (Å²) in [4.78, 5) is 42.9. The lowest BCUT2D eigenvalue weighted by Gasteiger charge is -2.20. The van der Waals surface area contributed by atoms with E-state index in [0.717, 1.165) is 11.0 Å². The summed E-state index contributed by atoms with van der Waals surface area (Å²) >= 11 is 0. The fraction of sp³-hybridized carbons (Fsp3) is 0.273. The standard InChI is InChI=1S/C22H16F6N4O4/c1-9(22(26,27)28)29-21(36)13-8-32(18-14(24)4-10(23)5-15(18)25)20-12(19(13)35)2-3-16(30-20)31-7-11(33)6-17(31)34/h2-5,8-9,11,33H,6-7H2,1H3,(H,29,36)/t9?,11-/m0/s1. The number of alkyl halides is 3. The molecule has 2 aromatic heterocycles. The highest BCUT2D eigenvalue weighted by molar-refractivity contribution is 5.99. The van der Waals surface area contributed by atoms with Gasteiger partial charge < -0.3 is 10.4 Å². The average Bonchev–Trinajstić information content (AvgIpc) is 3.11. The van der Waals surface area contributed by atoms with Crippen LogP contribution in [0.2, 0.25) is 0 Å². The summed E-state index contributed by atoms with van der Waals surface area (Å²) in [6.07, 6.45) is -5.49. The highest BCUT2D eigenvalue weighted by Gasteiger charge is 2.38. The Labute approximate surface area is 197 Å². The Bertz CT molecular complexity index is 1430. The number of aliphatic hydroxyl groups excluding tert-OH is 1. The van der Waals surface area contributed by atoms with Gasteiger partial charge in [-0.15, -0.1) is 0 Å². The molecule has 0 radical (unpaired) electrons. The molecular formula is C22H16F6N4O4. The van der Waals surface area contributed by atoms with Gasteiger partial charge in [0.15, 0.2) is 17.3 Å². The number of aliphatic hydroxyl groups is 1. The van der Waals surface area contributed by atoms with Crippen LogP contribution in [0.5, 0.6) is 0 Å². The summed E-state index contributed by atoms with van der Waals surface area (Å²) in [6, 6.07) is 0.510. The summed E-state index contributed by atoms with van der Waals surface area (Å²) in [7, 11) is 0. The van der Waals surface area contributed by atoms with Crippen LogP contribution in [-0.2, 0) is 4.79 Å². The fourth-order valence-electron chi connectivity index (χ4n) is 3.71. The quantitative estimate of drug-likeness (QED) is 0.521. The second-order valence-electron chi connectivity index (χ2n) is 8.10. The zero-order valence-electron chi connectivity index (χ0n) is 18.2. The van der Waals surface area contributed by atoms with Gasteiger partial charge in [0.05, 0.1) is 24.5 Å². The van der Waals surface area contributed by atoms with Gasteiger partial charge in [0, 0.05) is 18.3 Å². The summed E-state index contributed by atoms with van der Waals surface area (Å²) in [5, 5.41) is 10.9. The smallest absolute Gasteiger partial charge is 0.391 e. The number of amides is 2. The molecule has 0 aliphatic carbocycles. The van der Waals surface area contributed by atoms with E-state index in [4.69, 9.17) is 0 Å². The predicted octanol–water partition coefficient (Wildman–Crippen LogP) is 2.58. The van der Waals surface area contributed by atoms with Crippen molar-refractivity contribution in [3.05, 3.63) is 63.7 Å². The molecule has 1 saturated heterocycles. The van der Waals surface area contributed by atoms with Crippen LogP contribution in [0, 0.1) is 17.5 Å². The van der Waals surface area contributed by atoms with Gasteiger partial charge in [0.25, 0.3) is 5.91 Å². The number of halogens is 6. The number of rotatable bonds is 4. The molecule has 1 aromatic carbocycles. The Balaban J connectivity index is 1.97. The van der Waals surface area contributed by atoms with Gasteiger partial charge in [0.2, 0.25) is 11.3 Å². The van der Waals surface area contributed by atoms with E-state index < -0.39 is 75.3 Å². The largest absolute Gasteiger partial charge is 0.408 e. The molecule has 1 fully saturated rings. The van der Waals surface area contributed by atoms with Gasteiger partial charge in [0.1, 0.15) is 28.9 Å². The van der Waals surface area contributed by atoms with Gasteiger partial charge in [-0.25, -0.2) is 18.2 Å². The third kappa shape index (κ3) is 4.51. The second-order valence-corrected chi connectivity index (χ2v) is 8.10. The van der Waals surface area contributed by atoms with Crippen LogP contribution in [-0.4, -0.2) is 51.3 Å². The number of carbonyl (C=O) groups excluding carboxylic acids is 2. The molecule has 1 aliphatic heterocycles. The van der Waals surface area contributed by atoms with Gasteiger partial charge in [-0.3, -0.25) is 23.9 Å². The zero-order valence-corrected chi connectivity index (χ0v) is 18.2. The van der Waals surface area contributed by atoms with E-state index in [0.29, 0.717) is 29.8 Å². The molecule has 0 saturated carbocycles. The number of benzene rings is 1. The lowest BCUT2D eigenvalue weighted by molar-refractivity contribution is -0.149. The van der Waals surface area contributed by atoms with Crippen LogP contribution in [0.1, 0.15) is 23.7 Å². The molecule has 3 heterocycles. The van der Waals surface area contributed by atoms with Crippen molar-refractivity contribution in [1.29, 1.82) is 0 Å². The third-order valence-corrected chi connectivity index (χ3v) is 5.52. The summed E-state index contributed by atoms with van der Waals surface area (Å²) in [6.45, 7) is 0.475. The number of pyridine rings is 2. The molecule has 0 bridgehead atoms. The van der Waals surface area contributed by atoms with Gasteiger partial charge in [-0.05, 0) is 19.1 Å². The Morgan fingerprint density at radius 1 is 1.17 bits per heavy atom. The summed E-state index contributed by atoms with van der Waals surface area (Å²) in [5.74, 6) is -6.33. The van der Waals surface area contributed by atoms with E-state index in [1.165, 1.54) is 6.07 Å². The number of β-amino-alcohol motifs (C(OH)–C–C–N with tert-alkyl or cyclic N) is 1. The molecule has 1 aliphatic rings. The minimum atomic E-state index is -4.84. The molecular weight excluding hydrogens is 498 g/mol. The van der Waals surface area contributed by atoms with Crippen molar-refractivity contribution in [2.75, 3.05) is 11.4 Å². The molecule has 2 atom stereocenters. The van der Waals surface area contributed by atoms with Gasteiger partial charge in [-0.2, -0.15) is 13.2 Å².